The highest BCUT2D eigenvalue weighted by molar-refractivity contribution is 5.80. The van der Waals surface area contributed by atoms with Gasteiger partial charge in [-0.3, -0.25) is 4.79 Å². The van der Waals surface area contributed by atoms with Crippen molar-refractivity contribution in [1.29, 1.82) is 0 Å². The summed E-state index contributed by atoms with van der Waals surface area (Å²) in [6.45, 7) is 3.59. The van der Waals surface area contributed by atoms with Gasteiger partial charge in [0.25, 0.3) is 0 Å². The molecule has 1 heterocycles. The fraction of sp³-hybridized carbons (Fsp3) is 0.898. The molecule has 348 valence electrons. The maximum atomic E-state index is 13.0. The lowest BCUT2D eigenvalue weighted by Gasteiger charge is -2.40. The van der Waals surface area contributed by atoms with Crippen LogP contribution in [0.1, 0.15) is 219 Å². The number of allylic oxidation sites excluding steroid dienone is 3. The first kappa shape index (κ1) is 55.6. The minimum Gasteiger partial charge on any atom is -0.394 e. The summed E-state index contributed by atoms with van der Waals surface area (Å²) in [5.41, 5.74) is 0. The number of nitrogens with one attached hydrogen (secondary N) is 1. The number of aliphatic hydroxyl groups excluding tert-OH is 6. The van der Waals surface area contributed by atoms with E-state index in [0.717, 1.165) is 32.1 Å². The van der Waals surface area contributed by atoms with Gasteiger partial charge in [-0.05, 0) is 32.1 Å². The molecule has 8 atom stereocenters. The van der Waals surface area contributed by atoms with Gasteiger partial charge in [0, 0.05) is 0 Å². The molecule has 59 heavy (non-hydrogen) atoms. The van der Waals surface area contributed by atoms with Crippen LogP contribution in [0.3, 0.4) is 0 Å². The zero-order valence-corrected chi connectivity index (χ0v) is 37.9. The Balaban J connectivity index is 2.34. The summed E-state index contributed by atoms with van der Waals surface area (Å²) in [5, 5.41) is 64.7. The molecule has 0 aromatic rings. The van der Waals surface area contributed by atoms with Gasteiger partial charge in [0.2, 0.25) is 5.91 Å². The molecular weight excluding hydrogens is 747 g/mol. The number of aliphatic hydroxyl groups is 6. The van der Waals surface area contributed by atoms with E-state index in [1.54, 1.807) is 6.08 Å². The van der Waals surface area contributed by atoms with Gasteiger partial charge in [-0.25, -0.2) is 0 Å². The molecule has 0 radical (unpaired) electrons. The Hall–Kier alpha value is -1.37. The quantitative estimate of drug-likeness (QED) is 0.0234. The van der Waals surface area contributed by atoms with Crippen molar-refractivity contribution >= 4 is 5.91 Å². The van der Waals surface area contributed by atoms with Crippen LogP contribution < -0.4 is 5.32 Å². The normalized spacial score (nSPS) is 21.4. The lowest BCUT2D eigenvalue weighted by molar-refractivity contribution is -0.302. The highest BCUT2D eigenvalue weighted by Crippen LogP contribution is 2.23. The fourth-order valence-electron chi connectivity index (χ4n) is 7.83. The molecule has 10 heteroatoms. The maximum Gasteiger partial charge on any atom is 0.249 e. The number of ether oxygens (including phenoxy) is 2. The Morgan fingerprint density at radius 1 is 0.576 bits per heavy atom. The smallest absolute Gasteiger partial charge is 0.249 e. The molecule has 0 aromatic carbocycles. The number of hydrogen-bond acceptors (Lipinski definition) is 9. The topological polar surface area (TPSA) is 169 Å². The van der Waals surface area contributed by atoms with E-state index >= 15 is 0 Å². The second kappa shape index (κ2) is 39.5. The van der Waals surface area contributed by atoms with E-state index in [9.17, 15) is 35.4 Å². The van der Waals surface area contributed by atoms with Gasteiger partial charge in [-0.2, -0.15) is 0 Å². The van der Waals surface area contributed by atoms with Crippen molar-refractivity contribution in [3.63, 3.8) is 0 Å². The molecule has 10 nitrogen and oxygen atoms in total. The third kappa shape index (κ3) is 29.5. The SMILES string of the molecule is CCCCCCCCC/C=C\CC/C=C/[C@@H](O)[C@H](CO[C@@H]1O[C@H](CO)[C@@H](O)C(O)C1O)NC(=O)[C@H](O)CCCCCCCCCCCCCCCCCCCCCCC. The molecule has 0 bridgehead atoms. The molecule has 0 saturated carbocycles. The number of rotatable bonds is 41. The molecule has 1 aliphatic heterocycles. The molecule has 1 rings (SSSR count). The van der Waals surface area contributed by atoms with Crippen molar-refractivity contribution < 1.29 is 44.9 Å². The van der Waals surface area contributed by atoms with Crippen LogP contribution in [0.2, 0.25) is 0 Å². The van der Waals surface area contributed by atoms with Crippen LogP contribution in [-0.4, -0.2) is 98.7 Å². The minimum absolute atomic E-state index is 0.308. The van der Waals surface area contributed by atoms with Crippen molar-refractivity contribution in [2.75, 3.05) is 13.2 Å². The van der Waals surface area contributed by atoms with Crippen molar-refractivity contribution in [2.45, 2.75) is 268 Å². The zero-order chi connectivity index (χ0) is 43.2. The summed E-state index contributed by atoms with van der Waals surface area (Å²) in [4.78, 5) is 13.0. The second-order valence-electron chi connectivity index (χ2n) is 17.4. The maximum absolute atomic E-state index is 13.0. The molecule has 1 aliphatic rings. The van der Waals surface area contributed by atoms with Gasteiger partial charge >= 0.3 is 0 Å². The lowest BCUT2D eigenvalue weighted by Crippen LogP contribution is -2.60. The van der Waals surface area contributed by atoms with Gasteiger partial charge < -0.3 is 45.4 Å². The Morgan fingerprint density at radius 2 is 1.00 bits per heavy atom. The Bertz CT molecular complexity index is 995. The van der Waals surface area contributed by atoms with Crippen molar-refractivity contribution in [2.24, 2.45) is 0 Å². The number of amides is 1. The summed E-state index contributed by atoms with van der Waals surface area (Å²) in [5.74, 6) is -0.624. The summed E-state index contributed by atoms with van der Waals surface area (Å²) in [6, 6.07) is -0.992. The predicted octanol–water partition coefficient (Wildman–Crippen LogP) is 9.64. The highest BCUT2D eigenvalue weighted by atomic mass is 16.7. The molecule has 2 unspecified atom stereocenters. The molecule has 7 N–H and O–H groups in total. The van der Waals surface area contributed by atoms with Crippen LogP contribution in [-0.2, 0) is 14.3 Å². The third-order valence-corrected chi connectivity index (χ3v) is 11.9. The Morgan fingerprint density at radius 3 is 1.47 bits per heavy atom. The highest BCUT2D eigenvalue weighted by Gasteiger charge is 2.44. The standard InChI is InChI=1S/C49H93NO9/c1-3-5-7-9-11-13-15-17-18-19-20-21-22-23-24-26-28-30-32-34-36-38-43(53)48(57)50-41(40-58-49-47(56)46(55)45(54)44(39-51)59-49)42(52)37-35-33-31-29-27-25-16-14-12-10-8-6-4-2/h27,29,35,37,41-47,49,51-56H,3-26,28,30-34,36,38-40H2,1-2H3,(H,50,57)/b29-27-,37-35+/t41-,42+,43+,44+,45+,46?,47?,49+/m0/s1. The average Bonchev–Trinajstić information content (AvgIpc) is 3.23. The van der Waals surface area contributed by atoms with Crippen LogP contribution >= 0.6 is 0 Å². The van der Waals surface area contributed by atoms with Gasteiger partial charge in [0.1, 0.15) is 30.5 Å². The van der Waals surface area contributed by atoms with E-state index in [-0.39, 0.29) is 6.61 Å². The first-order valence-electron chi connectivity index (χ1n) is 24.7. The number of carbonyl (C=O) groups excluding carboxylic acids is 1. The van der Waals surface area contributed by atoms with Gasteiger partial charge in [-0.1, -0.05) is 212 Å². The Kier molecular flexibility index (Phi) is 37.2. The molecule has 0 aliphatic carbocycles. The van der Waals surface area contributed by atoms with Crippen molar-refractivity contribution in [3.8, 4) is 0 Å². The van der Waals surface area contributed by atoms with E-state index in [1.807, 2.05) is 6.08 Å². The fourth-order valence-corrected chi connectivity index (χ4v) is 7.83. The molecular formula is C49H93NO9. The first-order chi connectivity index (χ1) is 28.8. The number of carbonyl (C=O) groups is 1. The van der Waals surface area contributed by atoms with E-state index < -0.39 is 61.5 Å². The summed E-state index contributed by atoms with van der Waals surface area (Å²) < 4.78 is 11.1. The van der Waals surface area contributed by atoms with Crippen LogP contribution in [0.15, 0.2) is 24.3 Å². The lowest BCUT2D eigenvalue weighted by atomic mass is 9.99. The van der Waals surface area contributed by atoms with Crippen LogP contribution in [0, 0.1) is 0 Å². The van der Waals surface area contributed by atoms with Crippen molar-refractivity contribution in [1.82, 2.24) is 5.32 Å². The predicted molar refractivity (Wildman–Crippen MR) is 241 cm³/mol. The van der Waals surface area contributed by atoms with Crippen LogP contribution in [0.25, 0.3) is 0 Å². The number of unbranched alkanes of at least 4 members (excludes halogenated alkanes) is 28. The van der Waals surface area contributed by atoms with Gasteiger partial charge in [-0.15, -0.1) is 0 Å². The van der Waals surface area contributed by atoms with E-state index in [2.05, 4.69) is 31.3 Å². The van der Waals surface area contributed by atoms with Crippen molar-refractivity contribution in [3.05, 3.63) is 24.3 Å². The molecule has 1 amide bonds. The van der Waals surface area contributed by atoms with Crippen LogP contribution in [0.4, 0.5) is 0 Å². The van der Waals surface area contributed by atoms with Crippen LogP contribution in [0.5, 0.6) is 0 Å². The minimum atomic E-state index is -1.61. The van der Waals surface area contributed by atoms with Gasteiger partial charge in [0.15, 0.2) is 6.29 Å². The van der Waals surface area contributed by atoms with E-state index in [1.165, 1.54) is 154 Å². The number of hydrogen-bond donors (Lipinski definition) is 7. The monoisotopic (exact) mass is 840 g/mol. The summed E-state index contributed by atoms with van der Waals surface area (Å²) >= 11 is 0. The summed E-state index contributed by atoms with van der Waals surface area (Å²) in [7, 11) is 0. The average molecular weight is 840 g/mol. The second-order valence-corrected chi connectivity index (χ2v) is 17.4. The summed E-state index contributed by atoms with van der Waals surface area (Å²) in [6.07, 6.45) is 37.0. The molecule has 1 saturated heterocycles. The van der Waals surface area contributed by atoms with E-state index in [0.29, 0.717) is 19.3 Å². The van der Waals surface area contributed by atoms with E-state index in [4.69, 9.17) is 9.47 Å². The zero-order valence-electron chi connectivity index (χ0n) is 37.9. The third-order valence-electron chi connectivity index (χ3n) is 11.9. The molecule has 1 fully saturated rings. The van der Waals surface area contributed by atoms with Gasteiger partial charge in [0.05, 0.1) is 25.4 Å². The molecule has 0 spiro atoms. The first-order valence-corrected chi connectivity index (χ1v) is 24.7. The Labute approximate surface area is 361 Å². The largest absolute Gasteiger partial charge is 0.394 e. The molecule has 0 aromatic heterocycles.